The van der Waals surface area contributed by atoms with Gasteiger partial charge >= 0.3 is 0 Å². The predicted molar refractivity (Wildman–Crippen MR) is 47.3 cm³/mol. The maximum absolute atomic E-state index is 5.38. The highest BCUT2D eigenvalue weighted by Crippen LogP contribution is 2.34. The van der Waals surface area contributed by atoms with Crippen LogP contribution in [0, 0.1) is 11.8 Å². The Morgan fingerprint density at radius 3 is 2.73 bits per heavy atom. The van der Waals surface area contributed by atoms with Crippen LogP contribution in [0.3, 0.4) is 0 Å². The molecular weight excluding hydrogens is 136 g/mol. The Kier molecular flexibility index (Phi) is 2.98. The number of allylic oxidation sites excluding steroid dienone is 1. The highest BCUT2D eigenvalue weighted by molar-refractivity contribution is 4.95. The van der Waals surface area contributed by atoms with Gasteiger partial charge in [-0.1, -0.05) is 13.5 Å². The summed E-state index contributed by atoms with van der Waals surface area (Å²) >= 11 is 0. The van der Waals surface area contributed by atoms with Crippen molar-refractivity contribution in [3.05, 3.63) is 12.3 Å². The Bertz CT molecular complexity index is 140. The van der Waals surface area contributed by atoms with Gasteiger partial charge in [0.25, 0.3) is 0 Å². The first-order valence-corrected chi connectivity index (χ1v) is 4.55. The van der Waals surface area contributed by atoms with Gasteiger partial charge in [0.15, 0.2) is 0 Å². The van der Waals surface area contributed by atoms with E-state index in [0.29, 0.717) is 5.92 Å². The Balaban J connectivity index is 2.31. The van der Waals surface area contributed by atoms with Crippen molar-refractivity contribution >= 4 is 0 Å². The van der Waals surface area contributed by atoms with Crippen molar-refractivity contribution in [2.45, 2.75) is 33.1 Å². The van der Waals surface area contributed by atoms with Crippen LogP contribution in [0.2, 0.25) is 0 Å². The molecule has 0 aromatic carbocycles. The lowest BCUT2D eigenvalue weighted by atomic mass is 10.1. The summed E-state index contributed by atoms with van der Waals surface area (Å²) in [4.78, 5) is 0. The summed E-state index contributed by atoms with van der Waals surface area (Å²) < 4.78 is 5.38. The fourth-order valence-corrected chi connectivity index (χ4v) is 1.80. The van der Waals surface area contributed by atoms with Crippen LogP contribution in [-0.2, 0) is 4.74 Å². The van der Waals surface area contributed by atoms with Crippen molar-refractivity contribution in [2.75, 3.05) is 6.61 Å². The van der Waals surface area contributed by atoms with Crippen LogP contribution in [-0.4, -0.2) is 6.61 Å². The summed E-state index contributed by atoms with van der Waals surface area (Å²) in [5.41, 5.74) is 0. The molecule has 0 radical (unpaired) electrons. The molecule has 0 bridgehead atoms. The van der Waals surface area contributed by atoms with Crippen LogP contribution in [0.4, 0.5) is 0 Å². The summed E-state index contributed by atoms with van der Waals surface area (Å²) in [7, 11) is 0. The molecule has 1 rings (SSSR count). The fourth-order valence-electron chi connectivity index (χ4n) is 1.80. The largest absolute Gasteiger partial charge is 0.499 e. The van der Waals surface area contributed by atoms with E-state index in [1.807, 2.05) is 6.92 Å². The van der Waals surface area contributed by atoms with Crippen LogP contribution in [0.25, 0.3) is 0 Å². The van der Waals surface area contributed by atoms with E-state index in [0.717, 1.165) is 18.3 Å². The number of rotatable bonds is 3. The van der Waals surface area contributed by atoms with Gasteiger partial charge in [-0.25, -0.2) is 0 Å². The van der Waals surface area contributed by atoms with Gasteiger partial charge in [0.1, 0.15) is 0 Å². The monoisotopic (exact) mass is 154 g/mol. The van der Waals surface area contributed by atoms with Gasteiger partial charge in [-0.2, -0.15) is 0 Å². The molecule has 1 aliphatic rings. The molecule has 0 aliphatic heterocycles. The van der Waals surface area contributed by atoms with Gasteiger partial charge in [-0.3, -0.25) is 0 Å². The van der Waals surface area contributed by atoms with E-state index in [1.165, 1.54) is 19.3 Å². The van der Waals surface area contributed by atoms with Crippen molar-refractivity contribution in [3.8, 4) is 0 Å². The van der Waals surface area contributed by atoms with Crippen molar-refractivity contribution in [1.82, 2.24) is 0 Å². The van der Waals surface area contributed by atoms with Gasteiger partial charge < -0.3 is 4.74 Å². The van der Waals surface area contributed by atoms with Crippen molar-refractivity contribution in [3.63, 3.8) is 0 Å². The standard InChI is InChI=1S/C10H18O/c1-4-11-9(3)10-6-5-8(2)7-10/h8,10H,3-7H2,1-2H3. The first-order valence-electron chi connectivity index (χ1n) is 4.55. The van der Waals surface area contributed by atoms with Crippen molar-refractivity contribution in [2.24, 2.45) is 11.8 Å². The molecule has 1 saturated carbocycles. The fraction of sp³-hybridized carbons (Fsp3) is 0.800. The van der Waals surface area contributed by atoms with Gasteiger partial charge in [0.05, 0.1) is 12.4 Å². The van der Waals surface area contributed by atoms with Crippen LogP contribution in [0.5, 0.6) is 0 Å². The second-order valence-electron chi connectivity index (χ2n) is 3.51. The topological polar surface area (TPSA) is 9.23 Å². The van der Waals surface area contributed by atoms with Crippen molar-refractivity contribution < 1.29 is 4.74 Å². The Labute approximate surface area is 69.4 Å². The summed E-state index contributed by atoms with van der Waals surface area (Å²) in [6, 6.07) is 0. The molecule has 0 saturated heterocycles. The zero-order valence-corrected chi connectivity index (χ0v) is 7.60. The van der Waals surface area contributed by atoms with Crippen LogP contribution >= 0.6 is 0 Å². The molecule has 11 heavy (non-hydrogen) atoms. The van der Waals surface area contributed by atoms with Crippen LogP contribution < -0.4 is 0 Å². The van der Waals surface area contributed by atoms with Gasteiger partial charge in [-0.15, -0.1) is 0 Å². The predicted octanol–water partition coefficient (Wildman–Crippen LogP) is 2.97. The van der Waals surface area contributed by atoms with Crippen LogP contribution in [0.1, 0.15) is 33.1 Å². The number of hydrogen-bond donors (Lipinski definition) is 0. The smallest absolute Gasteiger partial charge is 0.0918 e. The second kappa shape index (κ2) is 3.80. The Morgan fingerprint density at radius 1 is 1.55 bits per heavy atom. The maximum atomic E-state index is 5.38. The molecule has 1 aliphatic carbocycles. The lowest BCUT2D eigenvalue weighted by Crippen LogP contribution is -2.02. The third-order valence-electron chi connectivity index (χ3n) is 2.48. The summed E-state index contributed by atoms with van der Waals surface area (Å²) in [6.07, 6.45) is 3.90. The minimum atomic E-state index is 0.643. The quantitative estimate of drug-likeness (QED) is 0.568. The van der Waals surface area contributed by atoms with E-state index < -0.39 is 0 Å². The van der Waals surface area contributed by atoms with Gasteiger partial charge in [-0.05, 0) is 32.1 Å². The first-order chi connectivity index (χ1) is 5.24. The Morgan fingerprint density at radius 2 is 2.27 bits per heavy atom. The molecule has 0 heterocycles. The van der Waals surface area contributed by atoms with E-state index in [-0.39, 0.29) is 0 Å². The number of hydrogen-bond acceptors (Lipinski definition) is 1. The lowest BCUT2D eigenvalue weighted by molar-refractivity contribution is 0.192. The molecule has 64 valence electrons. The number of ether oxygens (including phenoxy) is 1. The first kappa shape index (κ1) is 8.63. The molecule has 2 unspecified atom stereocenters. The zero-order valence-electron chi connectivity index (χ0n) is 7.60. The van der Waals surface area contributed by atoms with Gasteiger partial charge in [0.2, 0.25) is 0 Å². The highest BCUT2D eigenvalue weighted by Gasteiger charge is 2.24. The minimum absolute atomic E-state index is 0.643. The van der Waals surface area contributed by atoms with Gasteiger partial charge in [0, 0.05) is 5.92 Å². The van der Waals surface area contributed by atoms with Crippen LogP contribution in [0.15, 0.2) is 12.3 Å². The second-order valence-corrected chi connectivity index (χ2v) is 3.51. The van der Waals surface area contributed by atoms with Crippen molar-refractivity contribution in [1.29, 1.82) is 0 Å². The molecule has 0 N–H and O–H groups in total. The van der Waals surface area contributed by atoms with E-state index in [1.54, 1.807) is 0 Å². The average molecular weight is 154 g/mol. The molecule has 2 atom stereocenters. The SMILES string of the molecule is C=C(OCC)C1CCC(C)C1. The molecule has 1 heteroatoms. The molecule has 0 spiro atoms. The molecule has 1 fully saturated rings. The molecule has 0 aromatic heterocycles. The zero-order chi connectivity index (χ0) is 8.27. The van der Waals surface area contributed by atoms with E-state index >= 15 is 0 Å². The van der Waals surface area contributed by atoms with E-state index in [9.17, 15) is 0 Å². The Hall–Kier alpha value is -0.460. The maximum Gasteiger partial charge on any atom is 0.0918 e. The third-order valence-corrected chi connectivity index (χ3v) is 2.48. The normalized spacial score (nSPS) is 30.4. The molecule has 0 amide bonds. The third kappa shape index (κ3) is 2.25. The lowest BCUT2D eigenvalue weighted by Gasteiger charge is -2.13. The highest BCUT2D eigenvalue weighted by atomic mass is 16.5. The molecular formula is C10H18O. The van der Waals surface area contributed by atoms with E-state index in [2.05, 4.69) is 13.5 Å². The molecule has 1 nitrogen and oxygen atoms in total. The summed E-state index contributed by atoms with van der Waals surface area (Å²) in [6.45, 7) is 9.03. The molecule has 0 aromatic rings. The summed E-state index contributed by atoms with van der Waals surface area (Å²) in [5.74, 6) is 2.53. The van der Waals surface area contributed by atoms with E-state index in [4.69, 9.17) is 4.74 Å². The summed E-state index contributed by atoms with van der Waals surface area (Å²) in [5, 5.41) is 0. The average Bonchev–Trinajstić information content (AvgIpc) is 2.36. The minimum Gasteiger partial charge on any atom is -0.499 e.